The highest BCUT2D eigenvalue weighted by Crippen LogP contribution is 2.48. The smallest absolute Gasteiger partial charge is 0.0629 e. The van der Waals surface area contributed by atoms with Crippen molar-refractivity contribution in [3.8, 4) is 33.4 Å². The Labute approximate surface area is 265 Å². The van der Waals surface area contributed by atoms with Crippen LogP contribution in [-0.2, 0) is 0 Å². The lowest BCUT2D eigenvalue weighted by atomic mass is 9.84. The summed E-state index contributed by atoms with van der Waals surface area (Å²) in [5.41, 5.74) is 3.73. The van der Waals surface area contributed by atoms with E-state index in [4.69, 9.17) is 5.48 Å². The quantitative estimate of drug-likeness (QED) is 0.185. The van der Waals surface area contributed by atoms with Crippen LogP contribution in [0.4, 0.5) is 0 Å². The molecule has 0 radical (unpaired) electrons. The van der Waals surface area contributed by atoms with Gasteiger partial charge in [0.1, 0.15) is 0 Å². The maximum atomic E-state index is 9.38. The van der Waals surface area contributed by atoms with E-state index in [1.807, 2.05) is 91.0 Å². The van der Waals surface area contributed by atoms with Gasteiger partial charge >= 0.3 is 0 Å². The van der Waals surface area contributed by atoms with Crippen molar-refractivity contribution in [2.24, 2.45) is 0 Å². The van der Waals surface area contributed by atoms with Gasteiger partial charge in [-0.2, -0.15) is 0 Å². The summed E-state index contributed by atoms with van der Waals surface area (Å²) in [6.07, 6.45) is 0. The topological polar surface area (TPSA) is 0 Å². The lowest BCUT2D eigenvalue weighted by Gasteiger charge is -2.19. The number of hydrogen-bond donors (Lipinski definition) is 0. The molecule has 43 heavy (non-hydrogen) atoms. The molecule has 0 aliphatic rings. The van der Waals surface area contributed by atoms with Crippen molar-refractivity contribution >= 4 is 63.8 Å². The van der Waals surface area contributed by atoms with E-state index in [1.54, 1.807) is 11.3 Å². The summed E-state index contributed by atoms with van der Waals surface area (Å²) in [4.78, 5) is 0. The second-order valence-electron chi connectivity index (χ2n) is 10.7. The largest absolute Gasteiger partial charge is 0.135 e. The lowest BCUT2D eigenvalue weighted by molar-refractivity contribution is 1.63. The van der Waals surface area contributed by atoms with Crippen molar-refractivity contribution in [3.63, 3.8) is 0 Å². The molecule has 0 nitrogen and oxygen atoms in total. The zero-order valence-electron chi connectivity index (χ0n) is 30.8. The van der Waals surface area contributed by atoms with E-state index in [-0.39, 0.29) is 45.7 Å². The fourth-order valence-corrected chi connectivity index (χ4v) is 7.52. The third-order valence-corrected chi connectivity index (χ3v) is 9.42. The number of rotatable bonds is 3. The predicted octanol–water partition coefficient (Wildman–Crippen LogP) is 12.5. The molecule has 0 aliphatic carbocycles. The maximum Gasteiger partial charge on any atom is 0.0629 e. The molecule has 9 rings (SSSR count). The average Bonchev–Trinajstić information content (AvgIpc) is 3.55. The van der Waals surface area contributed by atoms with Crippen LogP contribution in [-0.4, -0.2) is 0 Å². The molecule has 200 valence electrons. The molecule has 9 aromatic rings. The van der Waals surface area contributed by atoms with Crippen LogP contribution in [0.1, 0.15) is 11.0 Å². The zero-order valence-corrected chi connectivity index (χ0v) is 23.6. The zero-order chi connectivity index (χ0) is 35.3. The normalized spacial score (nSPS) is 14.3. The Balaban J connectivity index is 1.50. The number of fused-ring (bicyclic) bond motifs is 6. The molecule has 0 spiro atoms. The third-order valence-electron chi connectivity index (χ3n) is 8.28. The van der Waals surface area contributed by atoms with Gasteiger partial charge in [0.05, 0.1) is 11.0 Å². The molecule has 1 aromatic heterocycles. The highest BCUT2D eigenvalue weighted by Gasteiger charge is 2.19. The second-order valence-corrected chi connectivity index (χ2v) is 11.8. The fraction of sp³-hybridized carbons (Fsp3) is 0. The van der Waals surface area contributed by atoms with Crippen LogP contribution < -0.4 is 0 Å². The molecule has 0 unspecified atom stereocenters. The van der Waals surface area contributed by atoms with E-state index in [1.165, 1.54) is 0 Å². The molecule has 0 amide bonds. The van der Waals surface area contributed by atoms with Crippen molar-refractivity contribution in [3.05, 3.63) is 158 Å². The summed E-state index contributed by atoms with van der Waals surface area (Å²) in [6, 6.07) is 32.9. The van der Waals surface area contributed by atoms with E-state index in [2.05, 4.69) is 18.2 Å². The van der Waals surface area contributed by atoms with Gasteiger partial charge in [0.2, 0.25) is 0 Å². The number of benzene rings is 8. The molecule has 8 aromatic carbocycles. The standard InChI is InChI=1S/C42H26S/c1-2-12-28-25-30(24-23-27(28)11-1)29-13-9-14-31(26-29)40-32-15-3-5-17-34(32)41(35-18-6-4-16-33(35)40)37-20-10-22-39-42(37)36-19-7-8-21-38(36)43-39/h1-26H/i3D,4D,5D,6D,15D,16D,17D,18D. The monoisotopic (exact) mass is 570 g/mol. The second kappa shape index (κ2) is 9.66. The first-order chi connectivity index (χ1) is 24.7. The molecular weight excluding hydrogens is 537 g/mol. The molecular formula is C42H26S. The highest BCUT2D eigenvalue weighted by molar-refractivity contribution is 7.25. The summed E-state index contributed by atoms with van der Waals surface area (Å²) in [5, 5.41) is 4.85. The van der Waals surface area contributed by atoms with Gasteiger partial charge in [0.25, 0.3) is 0 Å². The van der Waals surface area contributed by atoms with E-state index in [9.17, 15) is 5.48 Å². The van der Waals surface area contributed by atoms with Crippen molar-refractivity contribution in [1.82, 2.24) is 0 Å². The Morgan fingerprint density at radius 3 is 1.81 bits per heavy atom. The molecule has 0 fully saturated rings. The van der Waals surface area contributed by atoms with Crippen LogP contribution in [0.15, 0.2) is 158 Å². The van der Waals surface area contributed by atoms with Crippen LogP contribution in [0.5, 0.6) is 0 Å². The summed E-state index contributed by atoms with van der Waals surface area (Å²) >= 11 is 1.61. The minimum Gasteiger partial charge on any atom is -0.135 e. The highest BCUT2D eigenvalue weighted by atomic mass is 32.1. The molecule has 1 heterocycles. The van der Waals surface area contributed by atoms with Gasteiger partial charge in [-0.15, -0.1) is 11.3 Å². The Morgan fingerprint density at radius 1 is 0.419 bits per heavy atom. The van der Waals surface area contributed by atoms with Crippen molar-refractivity contribution in [2.75, 3.05) is 0 Å². The minimum atomic E-state index is -0.412. The van der Waals surface area contributed by atoms with Crippen molar-refractivity contribution < 1.29 is 11.0 Å². The number of thiophene rings is 1. The van der Waals surface area contributed by atoms with Gasteiger partial charge in [-0.25, -0.2) is 0 Å². The molecule has 0 atom stereocenters. The van der Waals surface area contributed by atoms with E-state index in [0.29, 0.717) is 22.3 Å². The van der Waals surface area contributed by atoms with Crippen LogP contribution in [0.3, 0.4) is 0 Å². The summed E-state index contributed by atoms with van der Waals surface area (Å²) in [6.45, 7) is 0. The van der Waals surface area contributed by atoms with Crippen molar-refractivity contribution in [2.45, 2.75) is 0 Å². The van der Waals surface area contributed by atoms with Gasteiger partial charge < -0.3 is 0 Å². The molecule has 0 N–H and O–H groups in total. The average molecular weight is 571 g/mol. The van der Waals surface area contributed by atoms with Gasteiger partial charge in [-0.3, -0.25) is 0 Å². The SMILES string of the molecule is [2H]c1c([2H])c([2H])c2c(-c3cccc4sc5ccccc5c34)c3c([2H])c([2H])c([2H])c([2H])c3c(-c3cccc(-c4ccc5ccccc5c4)c3)c2c1[2H]. The Bertz CT molecular complexity index is 2880. The summed E-state index contributed by atoms with van der Waals surface area (Å²) in [7, 11) is 0. The maximum absolute atomic E-state index is 9.38. The molecule has 0 aliphatic heterocycles. The first kappa shape index (κ1) is 17.7. The van der Waals surface area contributed by atoms with E-state index in [0.717, 1.165) is 42.1 Å². The van der Waals surface area contributed by atoms with Crippen LogP contribution in [0, 0.1) is 0 Å². The molecule has 0 saturated carbocycles. The van der Waals surface area contributed by atoms with Crippen LogP contribution >= 0.6 is 11.3 Å². The van der Waals surface area contributed by atoms with E-state index < -0.39 is 24.2 Å². The Kier molecular flexibility index (Phi) is 3.97. The minimum absolute atomic E-state index is 0.209. The van der Waals surface area contributed by atoms with Gasteiger partial charge in [-0.05, 0) is 90.0 Å². The van der Waals surface area contributed by atoms with E-state index >= 15 is 0 Å². The predicted molar refractivity (Wildman–Crippen MR) is 188 cm³/mol. The van der Waals surface area contributed by atoms with Gasteiger partial charge in [0.15, 0.2) is 0 Å². The molecule has 1 heteroatoms. The fourth-order valence-electron chi connectivity index (χ4n) is 6.39. The van der Waals surface area contributed by atoms with Crippen molar-refractivity contribution in [1.29, 1.82) is 0 Å². The third kappa shape index (κ3) is 3.82. The first-order valence-corrected chi connectivity index (χ1v) is 14.9. The lowest BCUT2D eigenvalue weighted by Crippen LogP contribution is -1.91. The summed E-state index contributed by atoms with van der Waals surface area (Å²) < 4.78 is 74.7. The van der Waals surface area contributed by atoms with Gasteiger partial charge in [-0.1, -0.05) is 133 Å². The Hall–Kier alpha value is -5.24. The summed E-state index contributed by atoms with van der Waals surface area (Å²) in [5.74, 6) is 0. The number of hydrogen-bond acceptors (Lipinski definition) is 1. The Morgan fingerprint density at radius 2 is 1.02 bits per heavy atom. The molecule has 0 bridgehead atoms. The first-order valence-electron chi connectivity index (χ1n) is 18.1. The van der Waals surface area contributed by atoms with Gasteiger partial charge in [0, 0.05) is 20.2 Å². The van der Waals surface area contributed by atoms with Crippen LogP contribution in [0.25, 0.3) is 85.9 Å². The van der Waals surface area contributed by atoms with Crippen LogP contribution in [0.2, 0.25) is 0 Å². The molecule has 0 saturated heterocycles.